The Hall–Kier alpha value is -2.91. The summed E-state index contributed by atoms with van der Waals surface area (Å²) >= 11 is 0. The summed E-state index contributed by atoms with van der Waals surface area (Å²) in [6.07, 6.45) is 1.86. The highest BCUT2D eigenvalue weighted by atomic mass is 16.5. The van der Waals surface area contributed by atoms with Gasteiger partial charge in [0.25, 0.3) is 0 Å². The average Bonchev–Trinajstić information content (AvgIpc) is 3.04. The Labute approximate surface area is 166 Å². The molecule has 3 aromatic rings. The number of aromatic nitrogens is 3. The summed E-state index contributed by atoms with van der Waals surface area (Å²) in [5.41, 5.74) is 6.07. The van der Waals surface area contributed by atoms with Crippen molar-refractivity contribution in [3.05, 3.63) is 41.2 Å². The zero-order chi connectivity index (χ0) is 20.4. The van der Waals surface area contributed by atoms with Gasteiger partial charge in [0, 0.05) is 31.6 Å². The molecular weight excluding hydrogens is 350 g/mol. The summed E-state index contributed by atoms with van der Waals surface area (Å²) in [7, 11) is 3.55. The van der Waals surface area contributed by atoms with Gasteiger partial charge in [-0.3, -0.25) is 0 Å². The molecule has 0 aliphatic heterocycles. The fraction of sp³-hybridized carbons (Fsp3) is 0.409. The Morgan fingerprint density at radius 3 is 2.61 bits per heavy atom. The smallest absolute Gasteiger partial charge is 0.135 e. The number of ether oxygens (including phenoxy) is 1. The SMILES string of the molecule is CNc1nc(C(C)C)ccc1-c1nc2c(C#N)cn([C@@H](C)COC)c2cc1C. The summed E-state index contributed by atoms with van der Waals surface area (Å²) in [4.78, 5) is 9.65. The molecule has 3 heterocycles. The van der Waals surface area contributed by atoms with E-state index >= 15 is 0 Å². The molecule has 6 nitrogen and oxygen atoms in total. The number of hydrogen-bond acceptors (Lipinski definition) is 5. The Bertz CT molecular complexity index is 1050. The molecule has 0 amide bonds. The van der Waals surface area contributed by atoms with E-state index in [1.165, 1.54) is 0 Å². The molecule has 3 rings (SSSR count). The summed E-state index contributed by atoms with van der Waals surface area (Å²) < 4.78 is 7.36. The first-order valence-electron chi connectivity index (χ1n) is 9.51. The fourth-order valence-corrected chi connectivity index (χ4v) is 3.48. The van der Waals surface area contributed by atoms with Crippen LogP contribution < -0.4 is 5.32 Å². The van der Waals surface area contributed by atoms with Crippen LogP contribution in [0.2, 0.25) is 0 Å². The van der Waals surface area contributed by atoms with Crippen molar-refractivity contribution in [2.75, 3.05) is 26.1 Å². The number of methoxy groups -OCH3 is 1. The number of nitrogens with zero attached hydrogens (tertiary/aromatic N) is 4. The molecule has 146 valence electrons. The van der Waals surface area contributed by atoms with E-state index < -0.39 is 0 Å². The first-order chi connectivity index (χ1) is 13.4. The number of hydrogen-bond donors (Lipinski definition) is 1. The lowest BCUT2D eigenvalue weighted by molar-refractivity contribution is 0.164. The molecule has 0 spiro atoms. The minimum atomic E-state index is 0.113. The second-order valence-electron chi connectivity index (χ2n) is 7.42. The molecule has 6 heteroatoms. The highest BCUT2D eigenvalue weighted by Gasteiger charge is 2.19. The number of nitrogens with one attached hydrogen (secondary N) is 1. The van der Waals surface area contributed by atoms with Crippen LogP contribution in [-0.2, 0) is 4.74 Å². The maximum absolute atomic E-state index is 9.63. The highest BCUT2D eigenvalue weighted by molar-refractivity contribution is 5.88. The molecule has 0 bridgehead atoms. The van der Waals surface area contributed by atoms with Crippen LogP contribution in [0, 0.1) is 18.3 Å². The zero-order valence-corrected chi connectivity index (χ0v) is 17.4. The largest absolute Gasteiger partial charge is 0.383 e. The van der Waals surface area contributed by atoms with Gasteiger partial charge in [0.2, 0.25) is 0 Å². The van der Waals surface area contributed by atoms with Crippen LogP contribution in [0.4, 0.5) is 5.82 Å². The summed E-state index contributed by atoms with van der Waals surface area (Å²) in [5, 5.41) is 12.8. The molecule has 0 radical (unpaired) electrons. The number of anilines is 1. The van der Waals surface area contributed by atoms with Crippen molar-refractivity contribution < 1.29 is 4.74 Å². The van der Waals surface area contributed by atoms with Crippen molar-refractivity contribution in [3.63, 3.8) is 0 Å². The molecule has 0 aliphatic rings. The van der Waals surface area contributed by atoms with Crippen LogP contribution in [0.25, 0.3) is 22.3 Å². The standard InChI is InChI=1S/C22H27N5O/c1-13(2)18-8-7-17(22(24-5)25-18)20-14(3)9-19-21(26-20)16(10-23)11-27(19)15(4)12-28-6/h7-9,11,13,15H,12H2,1-6H3,(H,24,25)/t15-/m0/s1. The van der Waals surface area contributed by atoms with Crippen molar-refractivity contribution in [1.82, 2.24) is 14.5 Å². The maximum atomic E-state index is 9.63. The molecule has 0 saturated carbocycles. The topological polar surface area (TPSA) is 75.8 Å². The lowest BCUT2D eigenvalue weighted by Gasteiger charge is -2.16. The second kappa shape index (κ2) is 7.99. The number of aryl methyl sites for hydroxylation is 1. The molecular formula is C22H27N5O. The van der Waals surface area contributed by atoms with E-state index in [2.05, 4.69) is 48.9 Å². The molecule has 0 fully saturated rings. The quantitative estimate of drug-likeness (QED) is 0.677. The van der Waals surface area contributed by atoms with Crippen molar-refractivity contribution in [1.29, 1.82) is 5.26 Å². The predicted octanol–water partition coefficient (Wildman–Crippen LogP) is 4.65. The van der Waals surface area contributed by atoms with Crippen LogP contribution in [0.1, 0.15) is 49.6 Å². The van der Waals surface area contributed by atoms with E-state index in [0.717, 1.165) is 33.8 Å². The summed E-state index contributed by atoms with van der Waals surface area (Å²) in [5.74, 6) is 1.14. The minimum absolute atomic E-state index is 0.113. The monoisotopic (exact) mass is 377 g/mol. The van der Waals surface area contributed by atoms with Crippen molar-refractivity contribution in [2.24, 2.45) is 0 Å². The van der Waals surface area contributed by atoms with Gasteiger partial charge in [-0.2, -0.15) is 5.26 Å². The van der Waals surface area contributed by atoms with Crippen LogP contribution in [-0.4, -0.2) is 35.3 Å². The van der Waals surface area contributed by atoms with Gasteiger partial charge >= 0.3 is 0 Å². The van der Waals surface area contributed by atoms with Gasteiger partial charge in [-0.15, -0.1) is 0 Å². The van der Waals surface area contributed by atoms with Crippen LogP contribution >= 0.6 is 0 Å². The Kier molecular flexibility index (Phi) is 5.66. The third-order valence-electron chi connectivity index (χ3n) is 5.00. The molecule has 0 unspecified atom stereocenters. The minimum Gasteiger partial charge on any atom is -0.383 e. The number of pyridine rings is 2. The van der Waals surface area contributed by atoms with Gasteiger partial charge in [0.1, 0.15) is 17.4 Å². The van der Waals surface area contributed by atoms with Gasteiger partial charge in [-0.25, -0.2) is 9.97 Å². The lowest BCUT2D eigenvalue weighted by atomic mass is 10.0. The molecule has 1 atom stereocenters. The van der Waals surface area contributed by atoms with E-state index in [-0.39, 0.29) is 6.04 Å². The van der Waals surface area contributed by atoms with Crippen molar-refractivity contribution >= 4 is 16.9 Å². The second-order valence-corrected chi connectivity index (χ2v) is 7.42. The van der Waals surface area contributed by atoms with E-state index in [1.807, 2.05) is 26.2 Å². The van der Waals surface area contributed by atoms with Gasteiger partial charge in [0.15, 0.2) is 0 Å². The van der Waals surface area contributed by atoms with Gasteiger partial charge in [-0.05, 0) is 43.5 Å². The fourth-order valence-electron chi connectivity index (χ4n) is 3.48. The van der Waals surface area contributed by atoms with Crippen LogP contribution in [0.15, 0.2) is 24.4 Å². The predicted molar refractivity (Wildman–Crippen MR) is 113 cm³/mol. The third-order valence-corrected chi connectivity index (χ3v) is 5.00. The summed E-state index contributed by atoms with van der Waals surface area (Å²) in [6, 6.07) is 8.60. The third kappa shape index (κ3) is 3.46. The van der Waals surface area contributed by atoms with Crippen LogP contribution in [0.3, 0.4) is 0 Å². The average molecular weight is 377 g/mol. The van der Waals surface area contributed by atoms with E-state index in [4.69, 9.17) is 14.7 Å². The van der Waals surface area contributed by atoms with E-state index in [1.54, 1.807) is 7.11 Å². The molecule has 1 N–H and O–H groups in total. The lowest BCUT2D eigenvalue weighted by Crippen LogP contribution is -2.10. The number of rotatable bonds is 6. The van der Waals surface area contributed by atoms with Crippen LogP contribution in [0.5, 0.6) is 0 Å². The molecule has 0 saturated heterocycles. The van der Waals surface area contributed by atoms with Crippen molar-refractivity contribution in [2.45, 2.75) is 39.7 Å². The maximum Gasteiger partial charge on any atom is 0.135 e. The number of fused-ring (bicyclic) bond motifs is 1. The zero-order valence-electron chi connectivity index (χ0n) is 17.4. The van der Waals surface area contributed by atoms with Crippen molar-refractivity contribution in [3.8, 4) is 17.3 Å². The Balaban J connectivity index is 2.22. The number of nitriles is 1. The first kappa shape index (κ1) is 19.8. The van der Waals surface area contributed by atoms with E-state index in [9.17, 15) is 5.26 Å². The molecule has 0 aliphatic carbocycles. The summed E-state index contributed by atoms with van der Waals surface area (Å²) in [6.45, 7) is 8.93. The first-order valence-corrected chi connectivity index (χ1v) is 9.51. The highest BCUT2D eigenvalue weighted by Crippen LogP contribution is 2.33. The molecule has 3 aromatic heterocycles. The Morgan fingerprint density at radius 1 is 1.25 bits per heavy atom. The van der Waals surface area contributed by atoms with Gasteiger partial charge in [-0.1, -0.05) is 13.8 Å². The molecule has 28 heavy (non-hydrogen) atoms. The van der Waals surface area contributed by atoms with Gasteiger partial charge < -0.3 is 14.6 Å². The Morgan fingerprint density at radius 2 is 2.00 bits per heavy atom. The van der Waals surface area contributed by atoms with E-state index in [0.29, 0.717) is 23.6 Å². The van der Waals surface area contributed by atoms with Gasteiger partial charge in [0.05, 0.1) is 29.4 Å². The molecule has 0 aromatic carbocycles. The normalized spacial score (nSPS) is 12.4.